The number of benzene rings is 2. The van der Waals surface area contributed by atoms with Crippen molar-refractivity contribution in [3.63, 3.8) is 0 Å². The molecule has 2 aliphatic carbocycles. The minimum atomic E-state index is -1.17. The molecule has 3 fully saturated rings. The maximum absolute atomic E-state index is 14.3. The Hall–Kier alpha value is -4.30. The number of anilines is 2. The lowest BCUT2D eigenvalue weighted by atomic mass is 9.52. The first-order valence-corrected chi connectivity index (χ1v) is 14.6. The second-order valence-electron chi connectivity index (χ2n) is 12.0. The van der Waals surface area contributed by atoms with E-state index in [9.17, 15) is 24.3 Å². The van der Waals surface area contributed by atoms with Crippen molar-refractivity contribution in [1.82, 2.24) is 0 Å². The Kier molecular flexibility index (Phi) is 6.10. The van der Waals surface area contributed by atoms with Crippen LogP contribution in [0.25, 0.3) is 0 Å². The van der Waals surface area contributed by atoms with Crippen molar-refractivity contribution >= 4 is 35.0 Å². The summed E-state index contributed by atoms with van der Waals surface area (Å²) in [6.07, 6.45) is 3.49. The van der Waals surface area contributed by atoms with Gasteiger partial charge in [-0.05, 0) is 74.1 Å². The fourth-order valence-electron chi connectivity index (χ4n) is 7.91. The number of rotatable bonds is 5. The molecule has 0 bridgehead atoms. The zero-order valence-electron chi connectivity index (χ0n) is 23.5. The van der Waals surface area contributed by atoms with E-state index in [0.717, 1.165) is 17.6 Å². The van der Waals surface area contributed by atoms with E-state index in [2.05, 4.69) is 0 Å². The summed E-state index contributed by atoms with van der Waals surface area (Å²) < 4.78 is 6.06. The number of furan rings is 1. The number of allylic oxidation sites excluding steroid dienone is 2. The van der Waals surface area contributed by atoms with Gasteiger partial charge in [0.05, 0.1) is 40.5 Å². The van der Waals surface area contributed by atoms with Crippen molar-refractivity contribution < 1.29 is 28.7 Å². The Morgan fingerprint density at radius 3 is 2.24 bits per heavy atom. The molecule has 214 valence electrons. The first-order chi connectivity index (χ1) is 20.3. The molecule has 0 spiro atoms. The van der Waals surface area contributed by atoms with E-state index in [1.54, 1.807) is 36.4 Å². The third-order valence-electron chi connectivity index (χ3n) is 10.0. The minimum absolute atomic E-state index is 0.227. The molecule has 4 amide bonds. The van der Waals surface area contributed by atoms with Crippen LogP contribution in [0, 0.1) is 29.1 Å². The smallest absolute Gasteiger partial charge is 0.241 e. The van der Waals surface area contributed by atoms with Gasteiger partial charge in [0, 0.05) is 0 Å². The summed E-state index contributed by atoms with van der Waals surface area (Å²) in [6, 6.07) is 19.8. The highest BCUT2D eigenvalue weighted by Crippen LogP contribution is 2.63. The lowest BCUT2D eigenvalue weighted by molar-refractivity contribution is -0.131. The number of fused-ring (bicyclic) bond motifs is 4. The van der Waals surface area contributed by atoms with Crippen LogP contribution in [-0.4, -0.2) is 28.7 Å². The van der Waals surface area contributed by atoms with Crippen LogP contribution < -0.4 is 9.80 Å². The highest BCUT2D eigenvalue weighted by atomic mass is 16.4. The number of carbonyl (C=O) groups is 4. The Balaban J connectivity index is 1.34. The van der Waals surface area contributed by atoms with Gasteiger partial charge in [0.15, 0.2) is 0 Å². The zero-order chi connectivity index (χ0) is 29.3. The van der Waals surface area contributed by atoms with Gasteiger partial charge in [-0.3, -0.25) is 24.1 Å². The first-order valence-electron chi connectivity index (χ1n) is 14.6. The molecule has 3 heterocycles. The largest absolute Gasteiger partial charge is 0.463 e. The van der Waals surface area contributed by atoms with E-state index >= 15 is 0 Å². The maximum atomic E-state index is 14.3. The zero-order valence-corrected chi connectivity index (χ0v) is 23.5. The number of carbonyl (C=O) groups excluding carboxylic acids is 4. The van der Waals surface area contributed by atoms with Gasteiger partial charge < -0.3 is 9.52 Å². The molecule has 8 heteroatoms. The van der Waals surface area contributed by atoms with E-state index in [1.807, 2.05) is 50.3 Å². The van der Waals surface area contributed by atoms with Crippen LogP contribution in [0.3, 0.4) is 0 Å². The number of hydrogen-bond donors (Lipinski definition) is 1. The molecule has 1 aromatic heterocycles. The lowest BCUT2D eigenvalue weighted by Gasteiger charge is -2.48. The summed E-state index contributed by atoms with van der Waals surface area (Å²) in [5.41, 5.74) is 1.85. The molecule has 6 atom stereocenters. The average molecular weight is 565 g/mol. The highest BCUT2D eigenvalue weighted by molar-refractivity contribution is 6.25. The first kappa shape index (κ1) is 26.6. The lowest BCUT2D eigenvalue weighted by Crippen LogP contribution is -2.48. The SMILES string of the molecule is CCc1ccc(N2C(=O)[C@H]3[C@H](CC=C4[C@H]3C[C@H]3C(=O)N(c5ccccc5)C(=O)[C@@]3(C)[C@H]4c3ccc(CO)o3)C2=O)cc1. The molecule has 8 nitrogen and oxygen atoms in total. The Morgan fingerprint density at radius 2 is 1.57 bits per heavy atom. The fraction of sp³-hybridized carbons (Fsp3) is 0.353. The standard InChI is InChI=1S/C34H32N2O6/c1-3-19-9-11-21(12-10-19)35-30(38)24-15-14-23-25(28(24)32(35)40)17-26-31(39)36(20-7-5-4-6-8-20)33(41)34(26,2)29(23)27-16-13-22(18-37)42-27/h4-14,16,24-26,28-29,37H,3,15,17-18H2,1-2H3/t24-,25+,26-,28-,29+,34+/m0/s1. The molecular formula is C34H32N2O6. The van der Waals surface area contributed by atoms with Crippen LogP contribution in [0.5, 0.6) is 0 Å². The number of para-hydroxylation sites is 1. The fourth-order valence-corrected chi connectivity index (χ4v) is 7.91. The van der Waals surface area contributed by atoms with Crippen LogP contribution in [0.15, 0.2) is 82.8 Å². The minimum Gasteiger partial charge on any atom is -0.463 e. The van der Waals surface area contributed by atoms with Gasteiger partial charge >= 0.3 is 0 Å². The van der Waals surface area contributed by atoms with Gasteiger partial charge in [0.1, 0.15) is 18.1 Å². The van der Waals surface area contributed by atoms with Crippen LogP contribution in [0.4, 0.5) is 11.4 Å². The molecule has 3 aromatic rings. The van der Waals surface area contributed by atoms with Gasteiger partial charge in [-0.2, -0.15) is 0 Å². The molecule has 4 aliphatic rings. The number of aliphatic hydroxyl groups excluding tert-OH is 1. The number of hydrogen-bond acceptors (Lipinski definition) is 6. The van der Waals surface area contributed by atoms with E-state index in [4.69, 9.17) is 4.42 Å². The normalized spacial score (nSPS) is 30.4. The Bertz CT molecular complexity index is 1640. The second-order valence-corrected chi connectivity index (χ2v) is 12.0. The molecule has 2 saturated heterocycles. The number of aryl methyl sites for hydroxylation is 1. The summed E-state index contributed by atoms with van der Waals surface area (Å²) in [5.74, 6) is -3.24. The summed E-state index contributed by atoms with van der Waals surface area (Å²) in [7, 11) is 0. The van der Waals surface area contributed by atoms with Crippen molar-refractivity contribution in [3.05, 3.63) is 95.5 Å². The number of nitrogens with zero attached hydrogens (tertiary/aromatic N) is 2. The van der Waals surface area contributed by atoms with Crippen molar-refractivity contribution in [2.45, 2.75) is 45.6 Å². The quantitative estimate of drug-likeness (QED) is 0.353. The summed E-state index contributed by atoms with van der Waals surface area (Å²) >= 11 is 0. The molecule has 0 radical (unpaired) electrons. The monoisotopic (exact) mass is 564 g/mol. The molecule has 7 rings (SSSR count). The Morgan fingerprint density at radius 1 is 0.857 bits per heavy atom. The summed E-state index contributed by atoms with van der Waals surface area (Å²) in [5, 5.41) is 9.75. The van der Waals surface area contributed by atoms with Crippen molar-refractivity contribution in [2.75, 3.05) is 9.80 Å². The second kappa shape index (κ2) is 9.63. The van der Waals surface area contributed by atoms with Crippen LogP contribution in [0.1, 0.15) is 49.7 Å². The summed E-state index contributed by atoms with van der Waals surface area (Å²) in [4.78, 5) is 58.8. The molecule has 1 saturated carbocycles. The third-order valence-corrected chi connectivity index (χ3v) is 10.0. The molecular weight excluding hydrogens is 532 g/mol. The molecule has 2 aromatic carbocycles. The predicted octanol–water partition coefficient (Wildman–Crippen LogP) is 4.77. The van der Waals surface area contributed by atoms with Gasteiger partial charge in [0.25, 0.3) is 0 Å². The number of aliphatic hydroxyl groups is 1. The maximum Gasteiger partial charge on any atom is 0.241 e. The topological polar surface area (TPSA) is 108 Å². The van der Waals surface area contributed by atoms with Gasteiger partial charge in [-0.15, -0.1) is 0 Å². The van der Waals surface area contributed by atoms with E-state index in [1.165, 1.54) is 9.80 Å². The van der Waals surface area contributed by atoms with Gasteiger partial charge in [-0.25, -0.2) is 4.90 Å². The van der Waals surface area contributed by atoms with Crippen LogP contribution >= 0.6 is 0 Å². The molecule has 2 aliphatic heterocycles. The van der Waals surface area contributed by atoms with Crippen molar-refractivity contribution in [2.24, 2.45) is 29.1 Å². The molecule has 1 N–H and O–H groups in total. The molecule has 42 heavy (non-hydrogen) atoms. The Labute approximate surface area is 243 Å². The van der Waals surface area contributed by atoms with E-state index in [-0.39, 0.29) is 36.7 Å². The highest BCUT2D eigenvalue weighted by Gasteiger charge is 2.68. The van der Waals surface area contributed by atoms with Crippen molar-refractivity contribution in [1.29, 1.82) is 0 Å². The number of amides is 4. The third kappa shape index (κ3) is 3.57. The predicted molar refractivity (Wildman–Crippen MR) is 154 cm³/mol. The van der Waals surface area contributed by atoms with Crippen LogP contribution in [-0.2, 0) is 32.2 Å². The van der Waals surface area contributed by atoms with Gasteiger partial charge in [0.2, 0.25) is 23.6 Å². The van der Waals surface area contributed by atoms with Crippen LogP contribution in [0.2, 0.25) is 0 Å². The summed E-state index contributed by atoms with van der Waals surface area (Å²) in [6.45, 7) is 3.56. The van der Waals surface area contributed by atoms with Crippen molar-refractivity contribution in [3.8, 4) is 0 Å². The number of imide groups is 2. The van der Waals surface area contributed by atoms with E-state index in [0.29, 0.717) is 29.3 Å². The van der Waals surface area contributed by atoms with E-state index < -0.39 is 35.0 Å². The van der Waals surface area contributed by atoms with Gasteiger partial charge in [-0.1, -0.05) is 48.9 Å². The average Bonchev–Trinajstić information content (AvgIpc) is 3.64. The molecule has 0 unspecified atom stereocenters.